The summed E-state index contributed by atoms with van der Waals surface area (Å²) < 4.78 is 66.4. The Labute approximate surface area is 192 Å². The fourth-order valence-corrected chi connectivity index (χ4v) is 5.52. The van der Waals surface area contributed by atoms with Crippen molar-refractivity contribution in [3.05, 3.63) is 66.5 Å². The van der Waals surface area contributed by atoms with Crippen LogP contribution in [0.3, 0.4) is 0 Å². The van der Waals surface area contributed by atoms with Crippen LogP contribution in [0.1, 0.15) is 18.5 Å². The highest BCUT2D eigenvalue weighted by Crippen LogP contribution is 2.34. The Hall–Kier alpha value is -3.44. The molecule has 0 amide bonds. The summed E-state index contributed by atoms with van der Waals surface area (Å²) in [5, 5.41) is 0.448. The summed E-state index contributed by atoms with van der Waals surface area (Å²) in [4.78, 5) is 20.5. The average molecular weight is 489 g/mol. The Morgan fingerprint density at radius 3 is 2.32 bits per heavy atom. The topological polar surface area (TPSA) is 81.5 Å². The molecule has 0 bridgehead atoms. The van der Waals surface area contributed by atoms with Gasteiger partial charge in [-0.05, 0) is 48.2 Å². The molecule has 1 saturated heterocycles. The van der Waals surface area contributed by atoms with Gasteiger partial charge in [-0.2, -0.15) is 22.2 Å². The zero-order valence-corrected chi connectivity index (χ0v) is 18.4. The van der Waals surface area contributed by atoms with E-state index in [1.54, 1.807) is 42.5 Å². The quantitative estimate of drug-likeness (QED) is 0.542. The molecule has 0 unspecified atom stereocenters. The summed E-state index contributed by atoms with van der Waals surface area (Å²) in [6.45, 7) is 0.985. The Bertz CT molecular complexity index is 1450. The predicted molar refractivity (Wildman–Crippen MR) is 118 cm³/mol. The molecular formula is C23H18F3N3O4S. The second kappa shape index (κ2) is 8.10. The van der Waals surface area contributed by atoms with Crippen LogP contribution in [0.4, 0.5) is 13.2 Å². The van der Waals surface area contributed by atoms with E-state index in [9.17, 15) is 26.4 Å². The molecule has 1 aliphatic carbocycles. The maximum absolute atomic E-state index is 12.9. The number of sulfonamides is 1. The highest BCUT2D eigenvalue weighted by Gasteiger charge is 2.42. The molecule has 1 fully saturated rings. The van der Waals surface area contributed by atoms with Crippen molar-refractivity contribution in [1.29, 1.82) is 0 Å². The summed E-state index contributed by atoms with van der Waals surface area (Å²) in [6.07, 6.45) is 2.92. The Kier molecular flexibility index (Phi) is 5.33. The fraction of sp³-hybridized carbons (Fsp3) is 0.217. The van der Waals surface area contributed by atoms with E-state index in [2.05, 4.69) is 9.82 Å². The standard InChI is InChI=1S/C23H18F3N3O4S/c24-23(25,26)22(30)33-29-20(16-4-3-5-16)14-19-18(10-11-27-21(19)29)15-6-8-17(9-7-15)34(31,32)28-12-1-2-13-28/h3-11,14H,1-2,12-13H2. The number of hydrogen-bond donors (Lipinski definition) is 0. The van der Waals surface area contributed by atoms with Gasteiger partial charge in [0.1, 0.15) is 0 Å². The Morgan fingerprint density at radius 2 is 1.74 bits per heavy atom. The lowest BCUT2D eigenvalue weighted by Crippen LogP contribution is -2.34. The number of pyridine rings is 1. The summed E-state index contributed by atoms with van der Waals surface area (Å²) in [5.74, 6) is -2.36. The number of alkyl halides is 3. The largest absolute Gasteiger partial charge is 0.493 e. The third-order valence-electron chi connectivity index (χ3n) is 5.78. The number of nitrogens with zero attached hydrogens (tertiary/aromatic N) is 3. The van der Waals surface area contributed by atoms with E-state index in [1.807, 2.05) is 0 Å². The van der Waals surface area contributed by atoms with Crippen molar-refractivity contribution in [2.75, 3.05) is 13.1 Å². The lowest BCUT2D eigenvalue weighted by Gasteiger charge is -2.15. The molecule has 0 saturated carbocycles. The van der Waals surface area contributed by atoms with Crippen molar-refractivity contribution in [3.63, 3.8) is 0 Å². The van der Waals surface area contributed by atoms with Crippen LogP contribution in [0.5, 0.6) is 0 Å². The molecule has 0 radical (unpaired) electrons. The van der Waals surface area contributed by atoms with Gasteiger partial charge in [0.2, 0.25) is 10.0 Å². The van der Waals surface area contributed by atoms with E-state index >= 15 is 0 Å². The van der Waals surface area contributed by atoms with Gasteiger partial charge in [0, 0.05) is 30.2 Å². The molecule has 1 aromatic carbocycles. The second-order valence-electron chi connectivity index (χ2n) is 7.91. The van der Waals surface area contributed by atoms with Crippen LogP contribution >= 0.6 is 0 Å². The molecule has 0 atom stereocenters. The number of benzene rings is 1. The summed E-state index contributed by atoms with van der Waals surface area (Å²) in [7, 11) is -3.58. The molecule has 7 nitrogen and oxygen atoms in total. The highest BCUT2D eigenvalue weighted by atomic mass is 32.2. The smallest absolute Gasteiger partial charge is 0.326 e. The molecule has 0 N–H and O–H groups in total. The maximum Gasteiger partial charge on any atom is 0.493 e. The number of rotatable bonds is 5. The van der Waals surface area contributed by atoms with Crippen LogP contribution in [-0.4, -0.2) is 47.7 Å². The number of carbonyl (C=O) groups excluding carboxylic acids is 1. The first kappa shape index (κ1) is 22.4. The third-order valence-corrected chi connectivity index (χ3v) is 7.70. The van der Waals surface area contributed by atoms with Gasteiger partial charge in [-0.25, -0.2) is 18.2 Å². The van der Waals surface area contributed by atoms with Gasteiger partial charge in [0.15, 0.2) is 5.65 Å². The molecule has 2 aliphatic rings. The molecule has 5 rings (SSSR count). The van der Waals surface area contributed by atoms with Crippen LogP contribution in [0.2, 0.25) is 0 Å². The number of halogens is 3. The van der Waals surface area contributed by atoms with Crippen LogP contribution in [-0.2, 0) is 14.8 Å². The lowest BCUT2D eigenvalue weighted by atomic mass is 10.0. The van der Waals surface area contributed by atoms with Gasteiger partial charge in [-0.15, -0.1) is 0 Å². The molecule has 3 aromatic rings. The van der Waals surface area contributed by atoms with Crippen LogP contribution < -0.4 is 4.84 Å². The van der Waals surface area contributed by atoms with E-state index < -0.39 is 22.2 Å². The average Bonchev–Trinajstić information content (AvgIpc) is 3.42. The molecule has 11 heteroatoms. The second-order valence-corrected chi connectivity index (χ2v) is 9.85. The van der Waals surface area contributed by atoms with Gasteiger partial charge in [-0.1, -0.05) is 30.4 Å². The van der Waals surface area contributed by atoms with Crippen molar-refractivity contribution in [1.82, 2.24) is 14.0 Å². The van der Waals surface area contributed by atoms with Crippen LogP contribution in [0.25, 0.3) is 27.7 Å². The number of carbonyl (C=O) groups is 1. The van der Waals surface area contributed by atoms with Crippen molar-refractivity contribution in [2.45, 2.75) is 23.9 Å². The monoisotopic (exact) mass is 489 g/mol. The van der Waals surface area contributed by atoms with E-state index in [0.717, 1.165) is 17.6 Å². The van der Waals surface area contributed by atoms with E-state index in [1.165, 1.54) is 22.6 Å². The third kappa shape index (κ3) is 3.80. The van der Waals surface area contributed by atoms with Gasteiger partial charge in [0.25, 0.3) is 0 Å². The van der Waals surface area contributed by atoms with E-state index in [0.29, 0.717) is 35.2 Å². The zero-order chi connectivity index (χ0) is 24.1. The molecule has 34 heavy (non-hydrogen) atoms. The molecule has 176 valence electrons. The fourth-order valence-electron chi connectivity index (χ4n) is 4.00. The van der Waals surface area contributed by atoms with Crippen molar-refractivity contribution >= 4 is 32.6 Å². The zero-order valence-electron chi connectivity index (χ0n) is 17.6. The Balaban J connectivity index is 1.56. The minimum atomic E-state index is -5.17. The van der Waals surface area contributed by atoms with Gasteiger partial charge >= 0.3 is 12.1 Å². The van der Waals surface area contributed by atoms with Crippen LogP contribution in [0, 0.1) is 0 Å². The first-order valence-corrected chi connectivity index (χ1v) is 11.9. The molecule has 1 aliphatic heterocycles. The van der Waals surface area contributed by atoms with Gasteiger partial charge in [0.05, 0.1) is 10.6 Å². The summed E-state index contributed by atoms with van der Waals surface area (Å²) in [5.41, 5.74) is 2.08. The Morgan fingerprint density at radius 1 is 1.06 bits per heavy atom. The number of hydrogen-bond acceptors (Lipinski definition) is 5. The van der Waals surface area contributed by atoms with Crippen molar-refractivity contribution < 1.29 is 31.2 Å². The predicted octanol–water partition coefficient (Wildman–Crippen LogP) is 3.96. The van der Waals surface area contributed by atoms with Crippen molar-refractivity contribution in [3.8, 4) is 11.1 Å². The van der Waals surface area contributed by atoms with E-state index in [-0.39, 0.29) is 16.2 Å². The summed E-state index contributed by atoms with van der Waals surface area (Å²) in [6, 6.07) is 9.54. The van der Waals surface area contributed by atoms with Crippen LogP contribution in [0.15, 0.2) is 65.7 Å². The van der Waals surface area contributed by atoms with E-state index in [4.69, 9.17) is 0 Å². The normalized spacial score (nSPS) is 16.5. The van der Waals surface area contributed by atoms with Gasteiger partial charge < -0.3 is 4.84 Å². The highest BCUT2D eigenvalue weighted by molar-refractivity contribution is 7.89. The summed E-state index contributed by atoms with van der Waals surface area (Å²) >= 11 is 0. The molecule has 0 spiro atoms. The number of aromatic nitrogens is 2. The number of fused-ring (bicyclic) bond motifs is 1. The molecule has 2 aromatic heterocycles. The first-order valence-electron chi connectivity index (χ1n) is 10.5. The SMILES string of the molecule is O=C(On1c(C2=CC=C2)cc2c(-c3ccc(S(=O)(=O)N4CCCC4)cc3)ccnc21)C(F)(F)F. The lowest BCUT2D eigenvalue weighted by molar-refractivity contribution is -0.199. The minimum absolute atomic E-state index is 0.0278. The molecule has 3 heterocycles. The van der Waals surface area contributed by atoms with Crippen molar-refractivity contribution in [2.24, 2.45) is 0 Å². The minimum Gasteiger partial charge on any atom is -0.326 e. The number of allylic oxidation sites excluding steroid dienone is 4. The molecular weight excluding hydrogens is 471 g/mol. The first-order chi connectivity index (χ1) is 16.2. The van der Waals surface area contributed by atoms with Gasteiger partial charge in [-0.3, -0.25) is 0 Å². The maximum atomic E-state index is 12.9.